The van der Waals surface area contributed by atoms with Crippen LogP contribution in [0.2, 0.25) is 0 Å². The highest BCUT2D eigenvalue weighted by Crippen LogP contribution is 2.02. The first kappa shape index (κ1) is 34.3. The lowest BCUT2D eigenvalue weighted by atomic mass is 10.2. The van der Waals surface area contributed by atoms with E-state index in [1.54, 1.807) is 0 Å². The summed E-state index contributed by atoms with van der Waals surface area (Å²) >= 11 is 0. The summed E-state index contributed by atoms with van der Waals surface area (Å²) < 4.78 is 37.5. The van der Waals surface area contributed by atoms with Crippen LogP contribution in [0, 0.1) is 0 Å². The molecule has 0 aromatic carbocycles. The second-order valence-electron chi connectivity index (χ2n) is 7.09. The second-order valence-corrected chi connectivity index (χ2v) is 7.09. The fourth-order valence-corrected chi connectivity index (χ4v) is 2.21. The maximum atomic E-state index is 11.4. The molecular weight excluding hydrogens is 520 g/mol. The van der Waals surface area contributed by atoms with E-state index in [0.717, 1.165) is 0 Å². The predicted octanol–water partition coefficient (Wildman–Crippen LogP) is -0.209. The summed E-state index contributed by atoms with van der Waals surface area (Å²) in [6.45, 7) is -2.81. The first-order valence-corrected chi connectivity index (χ1v) is 11.7. The molecule has 0 heterocycles. The van der Waals surface area contributed by atoms with Crippen LogP contribution < -0.4 is 0 Å². The Hall–Kier alpha value is -3.66. The molecule has 0 saturated heterocycles. The molecule has 0 spiro atoms. The second kappa shape index (κ2) is 23.7. The molecule has 0 rings (SSSR count). The lowest BCUT2D eigenvalue weighted by Gasteiger charge is -2.08. The van der Waals surface area contributed by atoms with Crippen molar-refractivity contribution in [3.8, 4) is 0 Å². The number of hydrogen-bond donors (Lipinski definition) is 2. The zero-order valence-corrected chi connectivity index (χ0v) is 20.9. The smallest absolute Gasteiger partial charge is 0.463 e. The number of carbonyl (C=O) groups excluding carboxylic acids is 6. The highest BCUT2D eigenvalue weighted by atomic mass is 16.7. The largest absolute Gasteiger partial charge is 0.508 e. The van der Waals surface area contributed by atoms with Gasteiger partial charge in [-0.15, -0.1) is 0 Å². The van der Waals surface area contributed by atoms with E-state index in [1.807, 2.05) is 0 Å². The van der Waals surface area contributed by atoms with Gasteiger partial charge in [0.05, 0.1) is 39.6 Å². The minimum atomic E-state index is -0.946. The number of ether oxygens (including phenoxy) is 8. The molecule has 16 heteroatoms. The molecular formula is C22H34O16. The minimum absolute atomic E-state index is 0.0380. The Labute approximate surface area is 218 Å². The number of aliphatic hydroxyl groups is 2. The predicted molar refractivity (Wildman–Crippen MR) is 120 cm³/mol. The van der Waals surface area contributed by atoms with Gasteiger partial charge in [0.2, 0.25) is 0 Å². The van der Waals surface area contributed by atoms with E-state index in [-0.39, 0.29) is 52.5 Å². The van der Waals surface area contributed by atoms with Crippen LogP contribution in [0.3, 0.4) is 0 Å². The molecule has 16 nitrogen and oxygen atoms in total. The molecule has 0 fully saturated rings. The van der Waals surface area contributed by atoms with Gasteiger partial charge in [0, 0.05) is 12.8 Å². The van der Waals surface area contributed by atoms with Gasteiger partial charge >= 0.3 is 36.2 Å². The molecule has 0 bridgehead atoms. The highest BCUT2D eigenvalue weighted by molar-refractivity contribution is 5.77. The van der Waals surface area contributed by atoms with Gasteiger partial charge in [-0.2, -0.15) is 0 Å². The molecule has 38 heavy (non-hydrogen) atoms. The maximum absolute atomic E-state index is 11.4. The van der Waals surface area contributed by atoms with Crippen LogP contribution in [-0.4, -0.2) is 112 Å². The molecule has 0 aromatic rings. The van der Waals surface area contributed by atoms with E-state index in [4.69, 9.17) is 38.6 Å². The van der Waals surface area contributed by atoms with Crippen molar-refractivity contribution in [1.82, 2.24) is 0 Å². The van der Waals surface area contributed by atoms with Crippen molar-refractivity contribution in [2.75, 3.05) is 66.1 Å². The quantitative estimate of drug-likeness (QED) is 0.107. The molecule has 0 aliphatic heterocycles. The zero-order valence-electron chi connectivity index (χ0n) is 20.9. The summed E-state index contributed by atoms with van der Waals surface area (Å²) in [6.07, 6.45) is 1.27. The van der Waals surface area contributed by atoms with Gasteiger partial charge in [0.1, 0.15) is 13.2 Å². The van der Waals surface area contributed by atoms with Crippen molar-refractivity contribution in [2.24, 2.45) is 0 Å². The molecule has 0 amide bonds. The van der Waals surface area contributed by atoms with E-state index >= 15 is 0 Å². The standard InChI is InChI=1S/C22H34O16/c23-13-17(25)37-15-19(27)31-9-5-11-35-21(29)33-7-3-1-2-4-8-34-22(30)36-12-6-10-32-20(28)16-38-18(26)14-24/h23-24H,1-16H2. The molecule has 0 aromatic heterocycles. The Balaban J connectivity index is 3.46. The van der Waals surface area contributed by atoms with E-state index in [9.17, 15) is 28.8 Å². The van der Waals surface area contributed by atoms with Gasteiger partial charge in [-0.1, -0.05) is 0 Å². The average Bonchev–Trinajstić information content (AvgIpc) is 2.91. The molecule has 2 N–H and O–H groups in total. The topological polar surface area (TPSA) is 217 Å². The Morgan fingerprint density at radius 3 is 1.03 bits per heavy atom. The zero-order chi connectivity index (χ0) is 28.4. The lowest BCUT2D eigenvalue weighted by molar-refractivity contribution is -0.160. The number of rotatable bonds is 21. The van der Waals surface area contributed by atoms with Crippen molar-refractivity contribution in [3.63, 3.8) is 0 Å². The van der Waals surface area contributed by atoms with Crippen LogP contribution in [0.4, 0.5) is 9.59 Å². The number of hydrogen-bond acceptors (Lipinski definition) is 16. The fraction of sp³-hybridized carbons (Fsp3) is 0.727. The first-order chi connectivity index (χ1) is 18.3. The summed E-state index contributed by atoms with van der Waals surface area (Å²) in [6, 6.07) is 0. The summed E-state index contributed by atoms with van der Waals surface area (Å²) in [4.78, 5) is 66.6. The van der Waals surface area contributed by atoms with Crippen LogP contribution in [0.25, 0.3) is 0 Å². The van der Waals surface area contributed by atoms with Gasteiger partial charge in [0.15, 0.2) is 13.2 Å². The molecule has 218 valence electrons. The third-order valence-corrected chi connectivity index (χ3v) is 3.98. The SMILES string of the molecule is O=C(CO)OCC(=O)OCCCOC(=O)OCCCCCCOC(=O)OCCCOC(=O)COC(=O)CO. The van der Waals surface area contributed by atoms with Crippen LogP contribution in [0.1, 0.15) is 38.5 Å². The first-order valence-electron chi connectivity index (χ1n) is 11.7. The normalized spacial score (nSPS) is 10.1. The van der Waals surface area contributed by atoms with E-state index in [1.165, 1.54) is 0 Å². The third kappa shape index (κ3) is 22.8. The Morgan fingerprint density at radius 1 is 0.368 bits per heavy atom. The van der Waals surface area contributed by atoms with Gasteiger partial charge in [0.25, 0.3) is 0 Å². The van der Waals surface area contributed by atoms with Gasteiger partial charge in [-0.3, -0.25) is 0 Å². The molecule has 0 radical (unpaired) electrons. The monoisotopic (exact) mass is 554 g/mol. The van der Waals surface area contributed by atoms with Crippen molar-refractivity contribution >= 4 is 36.2 Å². The lowest BCUT2D eigenvalue weighted by Crippen LogP contribution is -2.19. The molecule has 0 atom stereocenters. The maximum Gasteiger partial charge on any atom is 0.508 e. The van der Waals surface area contributed by atoms with Gasteiger partial charge in [-0.05, 0) is 25.7 Å². The summed E-state index contributed by atoms with van der Waals surface area (Å²) in [5.41, 5.74) is 0. The Bertz CT molecular complexity index is 662. The highest BCUT2D eigenvalue weighted by Gasteiger charge is 2.09. The summed E-state index contributed by atoms with van der Waals surface area (Å²) in [5.74, 6) is -3.48. The molecule has 0 saturated carbocycles. The van der Waals surface area contributed by atoms with Crippen LogP contribution in [-0.2, 0) is 57.1 Å². The van der Waals surface area contributed by atoms with E-state index in [2.05, 4.69) is 9.47 Å². The Morgan fingerprint density at radius 2 is 0.684 bits per heavy atom. The summed E-state index contributed by atoms with van der Waals surface area (Å²) in [7, 11) is 0. The average molecular weight is 554 g/mol. The van der Waals surface area contributed by atoms with Crippen molar-refractivity contribution < 1.29 is 76.9 Å². The third-order valence-electron chi connectivity index (χ3n) is 3.98. The Kier molecular flexibility index (Phi) is 21.4. The summed E-state index contributed by atoms with van der Waals surface area (Å²) in [5, 5.41) is 16.9. The van der Waals surface area contributed by atoms with Crippen LogP contribution in [0.5, 0.6) is 0 Å². The van der Waals surface area contributed by atoms with Crippen molar-refractivity contribution in [1.29, 1.82) is 0 Å². The van der Waals surface area contributed by atoms with Crippen molar-refractivity contribution in [3.05, 3.63) is 0 Å². The minimum Gasteiger partial charge on any atom is -0.463 e. The van der Waals surface area contributed by atoms with E-state index in [0.29, 0.717) is 25.7 Å². The number of esters is 4. The molecule has 0 aliphatic carbocycles. The number of unbranched alkanes of at least 4 members (excludes halogenated alkanes) is 3. The van der Waals surface area contributed by atoms with E-state index < -0.39 is 62.6 Å². The van der Waals surface area contributed by atoms with Gasteiger partial charge < -0.3 is 48.1 Å². The van der Waals surface area contributed by atoms with Gasteiger partial charge in [-0.25, -0.2) is 28.8 Å². The van der Waals surface area contributed by atoms with Crippen molar-refractivity contribution in [2.45, 2.75) is 38.5 Å². The van der Waals surface area contributed by atoms with Crippen LogP contribution in [0.15, 0.2) is 0 Å². The molecule has 0 aliphatic rings. The number of aliphatic hydroxyl groups excluding tert-OH is 2. The fourth-order valence-electron chi connectivity index (χ4n) is 2.21. The molecule has 0 unspecified atom stereocenters. The van der Waals surface area contributed by atoms with Crippen LogP contribution >= 0.6 is 0 Å². The number of carbonyl (C=O) groups is 6.